The van der Waals surface area contributed by atoms with Gasteiger partial charge in [0.05, 0.1) is 11.4 Å². The van der Waals surface area contributed by atoms with Crippen LogP contribution >= 0.6 is 0 Å². The second-order valence-corrected chi connectivity index (χ2v) is 14.1. The molecule has 0 aliphatic carbocycles. The van der Waals surface area contributed by atoms with E-state index in [4.69, 9.17) is 9.97 Å². The third kappa shape index (κ3) is 7.28. The molecule has 0 saturated carbocycles. The lowest BCUT2D eigenvalue weighted by Crippen LogP contribution is -2.20. The largest absolute Gasteiger partial charge is 0.507 e. The van der Waals surface area contributed by atoms with E-state index in [-0.39, 0.29) is 11.2 Å². The quantitative estimate of drug-likeness (QED) is 0.154. The first-order valence-electron chi connectivity index (χ1n) is 18.3. The van der Waals surface area contributed by atoms with Gasteiger partial charge in [-0.3, -0.25) is 4.90 Å². The lowest BCUT2D eigenvalue weighted by molar-refractivity contribution is 0.477. The zero-order valence-corrected chi connectivity index (χ0v) is 30.5. The monoisotopic (exact) mass is 699 g/mol. The van der Waals surface area contributed by atoms with E-state index in [9.17, 15) is 5.11 Å². The van der Waals surface area contributed by atoms with Gasteiger partial charge in [-0.25, -0.2) is 9.97 Å². The molecule has 4 nitrogen and oxygen atoms in total. The summed E-state index contributed by atoms with van der Waals surface area (Å²) in [5, 5.41) is 11.0. The fourth-order valence-corrected chi connectivity index (χ4v) is 7.07. The SMILES string of the molecule is CC(C)(c1ccccc1)c1cc(-c2cc(-c3ccccc3)cc(-c3ccccc3O)n2)cc(N(c2ccc(Cc3ccccc3)cc2)c2ccccn2)c1. The molecule has 0 atom stereocenters. The van der Waals surface area contributed by atoms with Crippen molar-refractivity contribution in [1.82, 2.24) is 9.97 Å². The molecule has 0 aliphatic heterocycles. The molecular weight excluding hydrogens is 659 g/mol. The lowest BCUT2D eigenvalue weighted by Gasteiger charge is -2.30. The minimum atomic E-state index is -0.348. The Hall–Kier alpha value is -6.78. The Morgan fingerprint density at radius 1 is 0.500 bits per heavy atom. The standard InChI is InChI=1S/C50H41N3O/c1-50(2,41-20-10-5-11-21-41)42-31-40(46-33-39(38-18-8-4-9-19-38)34-47(52-46)45-22-12-13-23-48(45)54)32-44(35-42)53(49-24-14-15-29-51-49)43-27-25-37(26-28-43)30-36-16-6-3-7-17-36/h3-29,31-35,54H,30H2,1-2H3. The highest BCUT2D eigenvalue weighted by molar-refractivity contribution is 5.82. The summed E-state index contributed by atoms with van der Waals surface area (Å²) < 4.78 is 0. The van der Waals surface area contributed by atoms with Gasteiger partial charge in [-0.05, 0) is 107 Å². The van der Waals surface area contributed by atoms with Gasteiger partial charge in [-0.2, -0.15) is 0 Å². The molecule has 0 spiro atoms. The van der Waals surface area contributed by atoms with Gasteiger partial charge in [0.25, 0.3) is 0 Å². The fourth-order valence-electron chi connectivity index (χ4n) is 7.07. The van der Waals surface area contributed by atoms with E-state index in [0.717, 1.165) is 51.6 Å². The first-order valence-corrected chi connectivity index (χ1v) is 18.3. The maximum atomic E-state index is 11.0. The van der Waals surface area contributed by atoms with Crippen LogP contribution in [0, 0.1) is 0 Å². The molecule has 2 aromatic heterocycles. The second kappa shape index (κ2) is 15.1. The number of phenols is 1. The molecule has 0 aliphatic rings. The number of aromatic nitrogens is 2. The predicted octanol–water partition coefficient (Wildman–Crippen LogP) is 12.6. The highest BCUT2D eigenvalue weighted by Crippen LogP contribution is 2.42. The number of hydrogen-bond donors (Lipinski definition) is 1. The Labute approximate surface area is 317 Å². The molecule has 6 aromatic carbocycles. The van der Waals surface area contributed by atoms with E-state index in [1.54, 1.807) is 6.07 Å². The molecule has 262 valence electrons. The maximum Gasteiger partial charge on any atom is 0.137 e. The predicted molar refractivity (Wildman–Crippen MR) is 223 cm³/mol. The molecule has 0 amide bonds. The van der Waals surface area contributed by atoms with Crippen LogP contribution in [0.3, 0.4) is 0 Å². The zero-order valence-electron chi connectivity index (χ0n) is 30.5. The number of pyridine rings is 2. The summed E-state index contributed by atoms with van der Waals surface area (Å²) in [4.78, 5) is 12.4. The number of anilines is 3. The van der Waals surface area contributed by atoms with Crippen LogP contribution < -0.4 is 4.90 Å². The van der Waals surface area contributed by atoms with Crippen LogP contribution in [0.1, 0.15) is 36.1 Å². The summed E-state index contributed by atoms with van der Waals surface area (Å²) in [5.74, 6) is 1.01. The van der Waals surface area contributed by atoms with E-state index in [0.29, 0.717) is 11.3 Å². The molecule has 8 rings (SSSR count). The molecule has 0 radical (unpaired) electrons. The van der Waals surface area contributed by atoms with Crippen molar-refractivity contribution in [2.75, 3.05) is 4.90 Å². The van der Waals surface area contributed by atoms with Gasteiger partial charge in [0.1, 0.15) is 11.6 Å². The number of nitrogens with zero attached hydrogens (tertiary/aromatic N) is 3. The van der Waals surface area contributed by atoms with Crippen LogP contribution in [0.5, 0.6) is 5.75 Å². The molecule has 2 heterocycles. The average Bonchev–Trinajstić information content (AvgIpc) is 3.23. The highest BCUT2D eigenvalue weighted by Gasteiger charge is 2.26. The number of rotatable bonds is 10. The third-order valence-corrected chi connectivity index (χ3v) is 10.1. The minimum absolute atomic E-state index is 0.192. The Balaban J connectivity index is 1.33. The van der Waals surface area contributed by atoms with Gasteiger partial charge < -0.3 is 5.11 Å². The Kier molecular flexibility index (Phi) is 9.57. The van der Waals surface area contributed by atoms with Crippen LogP contribution in [-0.4, -0.2) is 15.1 Å². The molecular formula is C50H41N3O. The van der Waals surface area contributed by atoms with Crippen molar-refractivity contribution in [1.29, 1.82) is 0 Å². The molecule has 8 aromatic rings. The topological polar surface area (TPSA) is 49.3 Å². The molecule has 0 bridgehead atoms. The van der Waals surface area contributed by atoms with Gasteiger partial charge >= 0.3 is 0 Å². The van der Waals surface area contributed by atoms with E-state index < -0.39 is 0 Å². The molecule has 1 N–H and O–H groups in total. The van der Waals surface area contributed by atoms with Gasteiger partial charge in [-0.15, -0.1) is 0 Å². The number of hydrogen-bond acceptors (Lipinski definition) is 4. The number of benzene rings is 6. The number of para-hydroxylation sites is 1. The maximum absolute atomic E-state index is 11.0. The van der Waals surface area contributed by atoms with E-state index in [1.165, 1.54) is 16.7 Å². The number of phenolic OH excluding ortho intramolecular Hbond substituents is 1. The highest BCUT2D eigenvalue weighted by atomic mass is 16.3. The van der Waals surface area contributed by atoms with E-state index >= 15 is 0 Å². The Morgan fingerprint density at radius 3 is 1.83 bits per heavy atom. The van der Waals surface area contributed by atoms with Crippen LogP contribution in [0.25, 0.3) is 33.6 Å². The molecule has 54 heavy (non-hydrogen) atoms. The lowest BCUT2D eigenvalue weighted by atomic mass is 9.77. The van der Waals surface area contributed by atoms with Crippen molar-refractivity contribution in [3.63, 3.8) is 0 Å². The molecule has 0 fully saturated rings. The fraction of sp³-hybridized carbons (Fsp3) is 0.0800. The van der Waals surface area contributed by atoms with Gasteiger partial charge in [0, 0.05) is 34.1 Å². The smallest absolute Gasteiger partial charge is 0.137 e. The molecule has 0 unspecified atom stereocenters. The summed E-state index contributed by atoms with van der Waals surface area (Å²) in [6.45, 7) is 4.55. The van der Waals surface area contributed by atoms with Crippen molar-refractivity contribution in [3.8, 4) is 39.4 Å². The molecule has 0 saturated heterocycles. The summed E-state index contributed by atoms with van der Waals surface area (Å²) in [6.07, 6.45) is 2.70. The van der Waals surface area contributed by atoms with E-state index in [2.05, 4.69) is 152 Å². The molecule has 4 heteroatoms. The Morgan fingerprint density at radius 2 is 1.13 bits per heavy atom. The van der Waals surface area contributed by atoms with Gasteiger partial charge in [0.15, 0.2) is 0 Å². The van der Waals surface area contributed by atoms with Gasteiger partial charge in [-0.1, -0.05) is 135 Å². The Bertz CT molecular complexity index is 2480. The first kappa shape index (κ1) is 34.3. The van der Waals surface area contributed by atoms with Crippen LogP contribution in [0.4, 0.5) is 17.2 Å². The van der Waals surface area contributed by atoms with Crippen LogP contribution in [-0.2, 0) is 11.8 Å². The summed E-state index contributed by atoms with van der Waals surface area (Å²) >= 11 is 0. The first-order chi connectivity index (χ1) is 26.4. The second-order valence-electron chi connectivity index (χ2n) is 14.1. The van der Waals surface area contributed by atoms with Crippen LogP contribution in [0.15, 0.2) is 194 Å². The summed E-state index contributed by atoms with van der Waals surface area (Å²) in [5.41, 5.74) is 11.7. The van der Waals surface area contributed by atoms with Gasteiger partial charge in [0.2, 0.25) is 0 Å². The van der Waals surface area contributed by atoms with Crippen molar-refractivity contribution >= 4 is 17.2 Å². The van der Waals surface area contributed by atoms with Crippen molar-refractivity contribution < 1.29 is 5.11 Å². The van der Waals surface area contributed by atoms with E-state index in [1.807, 2.05) is 54.7 Å². The van der Waals surface area contributed by atoms with Crippen molar-refractivity contribution in [2.24, 2.45) is 0 Å². The number of aromatic hydroxyl groups is 1. The normalized spacial score (nSPS) is 11.3. The summed E-state index contributed by atoms with van der Waals surface area (Å²) in [6, 6.07) is 64.7. The van der Waals surface area contributed by atoms with Crippen molar-refractivity contribution in [2.45, 2.75) is 25.7 Å². The third-order valence-electron chi connectivity index (χ3n) is 10.1. The minimum Gasteiger partial charge on any atom is -0.507 e. The van der Waals surface area contributed by atoms with Crippen LogP contribution in [0.2, 0.25) is 0 Å². The van der Waals surface area contributed by atoms with Crippen molar-refractivity contribution in [3.05, 3.63) is 217 Å². The zero-order chi connectivity index (χ0) is 36.9. The summed E-state index contributed by atoms with van der Waals surface area (Å²) in [7, 11) is 0. The average molecular weight is 700 g/mol.